The van der Waals surface area contributed by atoms with Crippen LogP contribution in [0.2, 0.25) is 0 Å². The van der Waals surface area contributed by atoms with Crippen LogP contribution < -0.4 is 16.8 Å². The Morgan fingerprint density at radius 3 is 2.69 bits per heavy atom. The fourth-order valence-electron chi connectivity index (χ4n) is 7.75. The fourth-order valence-corrected chi connectivity index (χ4v) is 7.75. The van der Waals surface area contributed by atoms with Gasteiger partial charge in [-0.3, -0.25) is 9.79 Å². The van der Waals surface area contributed by atoms with E-state index < -0.39 is 6.23 Å². The van der Waals surface area contributed by atoms with E-state index in [0.29, 0.717) is 35.8 Å². The van der Waals surface area contributed by atoms with Gasteiger partial charge >= 0.3 is 5.97 Å². The van der Waals surface area contributed by atoms with Crippen molar-refractivity contribution >= 4 is 18.1 Å². The number of rotatable bonds is 5. The van der Waals surface area contributed by atoms with E-state index in [9.17, 15) is 9.90 Å². The molecule has 1 saturated heterocycles. The molecule has 6 atom stereocenters. The van der Waals surface area contributed by atoms with Gasteiger partial charge in [0.15, 0.2) is 0 Å². The Morgan fingerprint density at radius 2 is 1.97 bits per heavy atom. The normalized spacial score (nSPS) is 39.9. The predicted molar refractivity (Wildman–Crippen MR) is 137 cm³/mol. The Kier molecular flexibility index (Phi) is 6.90. The second-order valence-electron chi connectivity index (χ2n) is 11.9. The number of aliphatic imine (C=N–C) groups is 2. The third-order valence-corrected chi connectivity index (χ3v) is 8.90. The summed E-state index contributed by atoms with van der Waals surface area (Å²) in [6.45, 7) is 4.99. The van der Waals surface area contributed by atoms with Crippen LogP contribution in [0.5, 0.6) is 0 Å². The molecule has 2 saturated carbocycles. The van der Waals surface area contributed by atoms with Crippen LogP contribution >= 0.6 is 0 Å². The molecule has 35 heavy (non-hydrogen) atoms. The number of nitrogens with two attached hydrogens (primary N) is 2. The van der Waals surface area contributed by atoms with Crippen molar-refractivity contribution in [3.63, 3.8) is 0 Å². The minimum atomic E-state index is -1.14. The number of fused-ring (bicyclic) bond motifs is 3. The summed E-state index contributed by atoms with van der Waals surface area (Å²) in [4.78, 5) is 21.9. The molecule has 2 aliphatic heterocycles. The number of ether oxygens (including phenoxy) is 1. The summed E-state index contributed by atoms with van der Waals surface area (Å²) in [5.74, 6) is 2.26. The molecule has 0 spiro atoms. The van der Waals surface area contributed by atoms with Crippen molar-refractivity contribution in [3.8, 4) is 0 Å². The second-order valence-corrected chi connectivity index (χ2v) is 11.9. The Hall–Kier alpha value is -2.03. The lowest BCUT2D eigenvalue weighted by Crippen LogP contribution is -2.46. The molecule has 0 aromatic heterocycles. The lowest BCUT2D eigenvalue weighted by Gasteiger charge is -2.48. The third kappa shape index (κ3) is 4.98. The van der Waals surface area contributed by atoms with Gasteiger partial charge in [0.1, 0.15) is 25.0 Å². The lowest BCUT2D eigenvalue weighted by atomic mass is 9.57. The van der Waals surface area contributed by atoms with Crippen LogP contribution in [0.25, 0.3) is 0 Å². The maximum atomic E-state index is 13.4. The third-order valence-electron chi connectivity index (χ3n) is 8.90. The smallest absolute Gasteiger partial charge is 0.312 e. The van der Waals surface area contributed by atoms with E-state index in [1.807, 2.05) is 6.08 Å². The predicted octanol–water partition coefficient (Wildman–Crippen LogP) is 2.56. The van der Waals surface area contributed by atoms with E-state index in [-0.39, 0.29) is 29.5 Å². The van der Waals surface area contributed by atoms with E-state index in [4.69, 9.17) is 16.2 Å². The first-order valence-electron chi connectivity index (χ1n) is 13.4. The maximum Gasteiger partial charge on any atom is 0.312 e. The van der Waals surface area contributed by atoms with Crippen LogP contribution in [0.1, 0.15) is 71.6 Å². The molecule has 5 aliphatic rings. The highest BCUT2D eigenvalue weighted by atomic mass is 16.5. The van der Waals surface area contributed by atoms with Crippen molar-refractivity contribution in [2.75, 3.05) is 6.61 Å². The van der Waals surface area contributed by atoms with E-state index >= 15 is 0 Å². The number of nitrogens with zero attached hydrogens (tertiary/aromatic N) is 2. The summed E-state index contributed by atoms with van der Waals surface area (Å²) in [6, 6.07) is 0.155. The number of nitrogens with one attached hydrogen (secondary N) is 1. The van der Waals surface area contributed by atoms with Gasteiger partial charge in [0.05, 0.1) is 11.5 Å². The van der Waals surface area contributed by atoms with E-state index in [2.05, 4.69) is 29.1 Å². The number of aliphatic hydroxyl groups excluding tert-OH is 1. The first-order chi connectivity index (χ1) is 16.7. The molecule has 8 heteroatoms. The van der Waals surface area contributed by atoms with Gasteiger partial charge < -0.3 is 26.6 Å². The number of hydrogen-bond donors (Lipinski definition) is 4. The molecule has 3 aliphatic carbocycles. The van der Waals surface area contributed by atoms with Crippen LogP contribution in [-0.4, -0.2) is 54.2 Å². The fraction of sp³-hybridized carbons (Fsp3) is 0.741. The molecule has 0 amide bonds. The van der Waals surface area contributed by atoms with Crippen molar-refractivity contribution in [3.05, 3.63) is 22.8 Å². The molecule has 3 fully saturated rings. The van der Waals surface area contributed by atoms with Gasteiger partial charge in [-0.1, -0.05) is 25.5 Å². The van der Waals surface area contributed by atoms with E-state index in [1.54, 1.807) is 0 Å². The molecule has 0 radical (unpaired) electrons. The quantitative estimate of drug-likeness (QED) is 0.351. The van der Waals surface area contributed by atoms with Crippen LogP contribution in [0.15, 0.2) is 32.8 Å². The molecule has 0 aromatic rings. The number of hydrogen-bond acceptors (Lipinski definition) is 8. The molecule has 0 aromatic carbocycles. The van der Waals surface area contributed by atoms with E-state index in [0.717, 1.165) is 50.5 Å². The lowest BCUT2D eigenvalue weighted by molar-refractivity contribution is -0.165. The first-order valence-corrected chi connectivity index (χ1v) is 13.4. The molecular formula is C27H41N5O3. The van der Waals surface area contributed by atoms with Crippen molar-refractivity contribution in [1.29, 1.82) is 0 Å². The Balaban J connectivity index is 1.23. The molecule has 2 bridgehead atoms. The Labute approximate surface area is 208 Å². The highest BCUT2D eigenvalue weighted by Crippen LogP contribution is 2.53. The average Bonchev–Trinajstić information content (AvgIpc) is 3.16. The van der Waals surface area contributed by atoms with Gasteiger partial charge in [0.25, 0.3) is 0 Å². The second kappa shape index (κ2) is 9.79. The number of carbonyl (C=O) groups is 1. The summed E-state index contributed by atoms with van der Waals surface area (Å²) >= 11 is 0. The summed E-state index contributed by atoms with van der Waals surface area (Å²) in [7, 11) is 0. The van der Waals surface area contributed by atoms with Crippen molar-refractivity contribution in [2.24, 2.45) is 44.6 Å². The minimum Gasteiger partial charge on any atom is -0.464 e. The number of esters is 1. The summed E-state index contributed by atoms with van der Waals surface area (Å²) in [6.07, 6.45) is 11.3. The molecule has 4 unspecified atom stereocenters. The Bertz CT molecular complexity index is 948. The molecule has 8 nitrogen and oxygen atoms in total. The zero-order valence-corrected chi connectivity index (χ0v) is 21.1. The topological polar surface area (TPSA) is 135 Å². The van der Waals surface area contributed by atoms with Crippen LogP contribution in [-0.2, 0) is 9.53 Å². The summed E-state index contributed by atoms with van der Waals surface area (Å²) in [5, 5.41) is 14.0. The monoisotopic (exact) mass is 483 g/mol. The maximum absolute atomic E-state index is 13.4. The number of aliphatic hydroxyl groups is 1. The van der Waals surface area contributed by atoms with Gasteiger partial charge in [-0.05, 0) is 75.5 Å². The van der Waals surface area contributed by atoms with E-state index in [1.165, 1.54) is 24.8 Å². The summed E-state index contributed by atoms with van der Waals surface area (Å²) in [5.41, 5.74) is 14.3. The van der Waals surface area contributed by atoms with Crippen molar-refractivity contribution in [1.82, 2.24) is 5.32 Å². The molecule has 6 N–H and O–H groups in total. The van der Waals surface area contributed by atoms with Gasteiger partial charge in [0.2, 0.25) is 0 Å². The summed E-state index contributed by atoms with van der Waals surface area (Å²) < 4.78 is 6.01. The van der Waals surface area contributed by atoms with Crippen LogP contribution in [0.4, 0.5) is 0 Å². The Morgan fingerprint density at radius 1 is 1.23 bits per heavy atom. The molecule has 5 rings (SSSR count). The SMILES string of the molecule is CC1CC2CC(C)CC(C(=O)OC[C@@H]3CC[C@H](C4=CC(C(N)O)=C5C(N)=NC=NC5CC4)N3)(C1)C2. The number of carbonyl (C=O) groups excluding carboxylic acids is 1. The standard InChI is InChI=1S/C27H41N5O3/c1-15-7-17-8-16(2)11-27(10-15,12-17)26(34)35-13-19-4-6-21(32-19)18-3-5-22-23(20(9-18)25(29)33)24(28)31-14-30-22/h9,14-17,19,21-22,25,32-33H,3-8,10-13,29H2,1-2H3,(H2,28,30,31)/t15?,16?,17?,19-,21+,22?,25?,27?/m0/s1. The number of amidine groups is 1. The average molecular weight is 484 g/mol. The van der Waals surface area contributed by atoms with Crippen LogP contribution in [0, 0.1) is 23.2 Å². The van der Waals surface area contributed by atoms with Crippen LogP contribution in [0.3, 0.4) is 0 Å². The largest absolute Gasteiger partial charge is 0.464 e. The molecule has 192 valence electrons. The highest BCUT2D eigenvalue weighted by molar-refractivity contribution is 6.04. The highest BCUT2D eigenvalue weighted by Gasteiger charge is 2.50. The first kappa shape index (κ1) is 24.7. The minimum absolute atomic E-state index is 0.0227. The van der Waals surface area contributed by atoms with Crippen molar-refractivity contribution < 1.29 is 14.6 Å². The molecule has 2 heterocycles. The van der Waals surface area contributed by atoms with Gasteiger partial charge in [-0.25, -0.2) is 4.99 Å². The van der Waals surface area contributed by atoms with Crippen molar-refractivity contribution in [2.45, 2.75) is 96.0 Å². The zero-order chi connectivity index (χ0) is 24.7. The van der Waals surface area contributed by atoms with Gasteiger partial charge in [0, 0.05) is 23.2 Å². The van der Waals surface area contributed by atoms with Gasteiger partial charge in [-0.2, -0.15) is 0 Å². The van der Waals surface area contributed by atoms with Gasteiger partial charge in [-0.15, -0.1) is 0 Å². The molecular weight excluding hydrogens is 442 g/mol. The zero-order valence-electron chi connectivity index (χ0n) is 21.1.